The van der Waals surface area contributed by atoms with Crippen molar-refractivity contribution in [3.8, 4) is 0 Å². The van der Waals surface area contributed by atoms with Crippen molar-refractivity contribution >= 4 is 28.2 Å². The SMILES string of the molecule is Cc1nc(N)sc1SCc1cncn1C. The molecule has 0 amide bonds. The topological polar surface area (TPSA) is 56.7 Å². The monoisotopic (exact) mass is 240 g/mol. The number of hydrogen-bond acceptors (Lipinski definition) is 5. The number of hydrogen-bond donors (Lipinski definition) is 1. The third-order valence-electron chi connectivity index (χ3n) is 2.04. The molecule has 2 heterocycles. The Balaban J connectivity index is 2.05. The Bertz CT molecular complexity index is 460. The molecule has 2 rings (SSSR count). The van der Waals surface area contributed by atoms with Gasteiger partial charge in [-0.3, -0.25) is 0 Å². The Morgan fingerprint density at radius 3 is 2.93 bits per heavy atom. The normalized spacial score (nSPS) is 10.8. The Kier molecular flexibility index (Phi) is 2.97. The summed E-state index contributed by atoms with van der Waals surface area (Å²) in [6, 6.07) is 0. The number of nitrogens with two attached hydrogens (primary N) is 1. The summed E-state index contributed by atoms with van der Waals surface area (Å²) < 4.78 is 3.21. The van der Waals surface area contributed by atoms with Crippen LogP contribution in [0.25, 0.3) is 0 Å². The van der Waals surface area contributed by atoms with Crippen molar-refractivity contribution in [2.24, 2.45) is 7.05 Å². The maximum absolute atomic E-state index is 5.63. The predicted octanol–water partition coefficient (Wildman–Crippen LogP) is 2.06. The minimum Gasteiger partial charge on any atom is -0.375 e. The van der Waals surface area contributed by atoms with Crippen LogP contribution in [0.4, 0.5) is 5.13 Å². The summed E-state index contributed by atoms with van der Waals surface area (Å²) >= 11 is 3.30. The van der Waals surface area contributed by atoms with Crippen LogP contribution in [0.15, 0.2) is 16.7 Å². The lowest BCUT2D eigenvalue weighted by Gasteiger charge is -2.00. The van der Waals surface area contributed by atoms with Gasteiger partial charge in [0, 0.05) is 24.7 Å². The quantitative estimate of drug-likeness (QED) is 0.834. The second kappa shape index (κ2) is 4.24. The van der Waals surface area contributed by atoms with Gasteiger partial charge in [-0.1, -0.05) is 11.3 Å². The van der Waals surface area contributed by atoms with Crippen LogP contribution in [0.5, 0.6) is 0 Å². The van der Waals surface area contributed by atoms with Crippen LogP contribution in [0.2, 0.25) is 0 Å². The molecule has 0 fully saturated rings. The summed E-state index contributed by atoms with van der Waals surface area (Å²) in [4.78, 5) is 8.26. The van der Waals surface area contributed by atoms with Crippen molar-refractivity contribution in [2.45, 2.75) is 16.9 Å². The van der Waals surface area contributed by atoms with E-state index in [-0.39, 0.29) is 0 Å². The van der Waals surface area contributed by atoms with E-state index in [1.54, 1.807) is 23.1 Å². The highest BCUT2D eigenvalue weighted by Crippen LogP contribution is 2.32. The molecule has 6 heteroatoms. The number of aromatic nitrogens is 3. The number of anilines is 1. The lowest BCUT2D eigenvalue weighted by Crippen LogP contribution is -1.91. The molecular weight excluding hydrogens is 228 g/mol. The van der Waals surface area contributed by atoms with E-state index in [0.29, 0.717) is 5.13 Å². The van der Waals surface area contributed by atoms with Crippen molar-refractivity contribution in [3.63, 3.8) is 0 Å². The molecule has 0 atom stereocenters. The van der Waals surface area contributed by atoms with Gasteiger partial charge in [0.05, 0.1) is 16.2 Å². The first kappa shape index (κ1) is 10.5. The molecule has 0 saturated heterocycles. The summed E-state index contributed by atoms with van der Waals surface area (Å²) in [7, 11) is 2.00. The highest BCUT2D eigenvalue weighted by Gasteiger charge is 2.07. The molecule has 0 aliphatic rings. The predicted molar refractivity (Wildman–Crippen MR) is 64.0 cm³/mol. The molecule has 0 aliphatic carbocycles. The number of rotatable bonds is 3. The van der Waals surface area contributed by atoms with E-state index in [4.69, 9.17) is 5.73 Å². The first-order chi connectivity index (χ1) is 7.16. The van der Waals surface area contributed by atoms with E-state index < -0.39 is 0 Å². The Morgan fingerprint density at radius 2 is 2.40 bits per heavy atom. The minimum atomic E-state index is 0.639. The number of thioether (sulfide) groups is 1. The maximum atomic E-state index is 5.63. The summed E-state index contributed by atoms with van der Waals surface area (Å²) in [6.07, 6.45) is 3.69. The van der Waals surface area contributed by atoms with Crippen molar-refractivity contribution in [3.05, 3.63) is 23.9 Å². The van der Waals surface area contributed by atoms with Crippen molar-refractivity contribution in [1.29, 1.82) is 0 Å². The van der Waals surface area contributed by atoms with Gasteiger partial charge in [0.15, 0.2) is 5.13 Å². The van der Waals surface area contributed by atoms with E-state index in [0.717, 1.165) is 11.4 Å². The highest BCUT2D eigenvalue weighted by atomic mass is 32.2. The third kappa shape index (κ3) is 2.32. The lowest BCUT2D eigenvalue weighted by atomic mass is 10.5. The zero-order valence-electron chi connectivity index (χ0n) is 8.60. The average molecular weight is 240 g/mol. The van der Waals surface area contributed by atoms with Crippen LogP contribution in [-0.4, -0.2) is 14.5 Å². The number of nitrogens with zero attached hydrogens (tertiary/aromatic N) is 3. The smallest absolute Gasteiger partial charge is 0.181 e. The first-order valence-corrected chi connectivity index (χ1v) is 6.28. The van der Waals surface area contributed by atoms with Gasteiger partial charge in [-0.15, -0.1) is 11.8 Å². The lowest BCUT2D eigenvalue weighted by molar-refractivity contribution is 0.867. The fourth-order valence-corrected chi connectivity index (χ4v) is 3.25. The standard InChI is InChI=1S/C9H12N4S2/c1-6-8(15-9(10)12-6)14-4-7-3-11-5-13(7)2/h3,5H,4H2,1-2H3,(H2,10,12). The summed E-state index contributed by atoms with van der Waals surface area (Å²) in [5, 5.41) is 0.639. The summed E-state index contributed by atoms with van der Waals surface area (Å²) in [5.74, 6) is 0.902. The largest absolute Gasteiger partial charge is 0.375 e. The second-order valence-corrected chi connectivity index (χ2v) is 5.48. The van der Waals surface area contributed by atoms with Crippen molar-refractivity contribution < 1.29 is 0 Å². The zero-order valence-corrected chi connectivity index (χ0v) is 10.2. The molecule has 0 radical (unpaired) electrons. The van der Waals surface area contributed by atoms with Gasteiger partial charge in [0.1, 0.15) is 0 Å². The van der Waals surface area contributed by atoms with Gasteiger partial charge < -0.3 is 10.3 Å². The molecule has 0 aromatic carbocycles. The Hall–Kier alpha value is -1.01. The van der Waals surface area contributed by atoms with E-state index in [1.807, 2.05) is 31.1 Å². The molecule has 0 spiro atoms. The van der Waals surface area contributed by atoms with Crippen LogP contribution < -0.4 is 5.73 Å². The molecule has 4 nitrogen and oxygen atoms in total. The van der Waals surface area contributed by atoms with Gasteiger partial charge in [-0.2, -0.15) is 0 Å². The molecule has 2 aromatic heterocycles. The molecule has 0 bridgehead atoms. The van der Waals surface area contributed by atoms with Crippen molar-refractivity contribution in [2.75, 3.05) is 5.73 Å². The molecular formula is C9H12N4S2. The van der Waals surface area contributed by atoms with E-state index in [1.165, 1.54) is 9.90 Å². The van der Waals surface area contributed by atoms with Gasteiger partial charge in [-0.05, 0) is 6.92 Å². The van der Waals surface area contributed by atoms with Crippen LogP contribution in [0.3, 0.4) is 0 Å². The van der Waals surface area contributed by atoms with Crippen LogP contribution >= 0.6 is 23.1 Å². The Morgan fingerprint density at radius 1 is 1.60 bits per heavy atom. The molecule has 15 heavy (non-hydrogen) atoms. The molecule has 0 aliphatic heterocycles. The fraction of sp³-hybridized carbons (Fsp3) is 0.333. The molecule has 2 aromatic rings. The van der Waals surface area contributed by atoms with E-state index in [9.17, 15) is 0 Å². The van der Waals surface area contributed by atoms with E-state index >= 15 is 0 Å². The van der Waals surface area contributed by atoms with Crippen LogP contribution in [0.1, 0.15) is 11.4 Å². The fourth-order valence-electron chi connectivity index (χ4n) is 1.20. The zero-order chi connectivity index (χ0) is 10.8. The minimum absolute atomic E-state index is 0.639. The van der Waals surface area contributed by atoms with Crippen molar-refractivity contribution in [1.82, 2.24) is 14.5 Å². The number of thiazole rings is 1. The number of imidazole rings is 1. The summed E-state index contributed by atoms with van der Waals surface area (Å²) in [6.45, 7) is 1.98. The average Bonchev–Trinajstić information content (AvgIpc) is 2.70. The third-order valence-corrected chi connectivity index (χ3v) is 4.42. The first-order valence-electron chi connectivity index (χ1n) is 4.47. The molecule has 80 valence electrons. The molecule has 2 N–H and O–H groups in total. The number of aryl methyl sites for hydroxylation is 2. The second-order valence-electron chi connectivity index (χ2n) is 3.21. The Labute approximate surface area is 96.5 Å². The summed E-state index contributed by atoms with van der Waals surface area (Å²) in [5.41, 5.74) is 7.85. The molecule has 0 unspecified atom stereocenters. The van der Waals surface area contributed by atoms with Gasteiger partial charge in [0.2, 0.25) is 0 Å². The highest BCUT2D eigenvalue weighted by molar-refractivity contribution is 8.00. The van der Waals surface area contributed by atoms with Crippen LogP contribution in [0, 0.1) is 6.92 Å². The van der Waals surface area contributed by atoms with Gasteiger partial charge >= 0.3 is 0 Å². The van der Waals surface area contributed by atoms with Gasteiger partial charge in [-0.25, -0.2) is 9.97 Å². The van der Waals surface area contributed by atoms with Gasteiger partial charge in [0.25, 0.3) is 0 Å². The van der Waals surface area contributed by atoms with Crippen LogP contribution in [-0.2, 0) is 12.8 Å². The van der Waals surface area contributed by atoms with E-state index in [2.05, 4.69) is 9.97 Å². The molecule has 0 saturated carbocycles. The maximum Gasteiger partial charge on any atom is 0.181 e. The number of nitrogen functional groups attached to an aromatic ring is 1.